The minimum absolute atomic E-state index is 0.0516. The summed E-state index contributed by atoms with van der Waals surface area (Å²) in [7, 11) is 1.57. The van der Waals surface area contributed by atoms with Crippen LogP contribution in [0, 0.1) is 0 Å². The molecule has 5 nitrogen and oxygen atoms in total. The minimum atomic E-state index is -0.0516. The van der Waals surface area contributed by atoms with E-state index >= 15 is 0 Å². The van der Waals surface area contributed by atoms with Gasteiger partial charge in [0.2, 0.25) is 5.91 Å². The zero-order valence-electron chi connectivity index (χ0n) is 12.5. The predicted octanol–water partition coefficient (Wildman–Crippen LogP) is 1.97. The lowest BCUT2D eigenvalue weighted by molar-refractivity contribution is -0.117. The van der Waals surface area contributed by atoms with Crippen molar-refractivity contribution < 1.29 is 9.53 Å². The zero-order chi connectivity index (χ0) is 15.2. The molecule has 0 bridgehead atoms. The Morgan fingerprint density at radius 1 is 1.57 bits per heavy atom. The first-order valence-corrected chi connectivity index (χ1v) is 7.60. The molecule has 0 aliphatic carbocycles. The first-order chi connectivity index (χ1) is 10.1. The third-order valence-electron chi connectivity index (χ3n) is 3.74. The molecular weight excluding hydrogens is 290 g/mol. The van der Waals surface area contributed by atoms with Crippen molar-refractivity contribution in [2.45, 2.75) is 19.4 Å². The van der Waals surface area contributed by atoms with Crippen LogP contribution in [-0.2, 0) is 4.79 Å². The fraction of sp³-hybridized carbons (Fsp3) is 0.533. The van der Waals surface area contributed by atoms with Gasteiger partial charge >= 0.3 is 0 Å². The van der Waals surface area contributed by atoms with E-state index in [9.17, 15) is 4.79 Å². The number of nitrogens with one attached hydrogen (secondary N) is 2. The molecule has 1 aliphatic rings. The summed E-state index contributed by atoms with van der Waals surface area (Å²) in [6.45, 7) is 5.27. The van der Waals surface area contributed by atoms with Crippen molar-refractivity contribution >= 4 is 23.2 Å². The molecule has 21 heavy (non-hydrogen) atoms. The van der Waals surface area contributed by atoms with E-state index in [2.05, 4.69) is 22.5 Å². The van der Waals surface area contributed by atoms with E-state index < -0.39 is 0 Å². The number of methoxy groups -OCH3 is 1. The maximum atomic E-state index is 12.2. The molecule has 6 heteroatoms. The molecule has 116 valence electrons. The third-order valence-corrected chi connectivity index (χ3v) is 3.97. The molecule has 0 radical (unpaired) electrons. The topological polar surface area (TPSA) is 53.6 Å². The second kappa shape index (κ2) is 7.64. The maximum Gasteiger partial charge on any atom is 0.238 e. The van der Waals surface area contributed by atoms with Crippen LogP contribution in [0.25, 0.3) is 0 Å². The van der Waals surface area contributed by atoms with Crippen molar-refractivity contribution in [2.24, 2.45) is 0 Å². The molecule has 1 atom stereocenters. The van der Waals surface area contributed by atoms with Crippen LogP contribution < -0.4 is 15.4 Å². The highest BCUT2D eigenvalue weighted by molar-refractivity contribution is 6.31. The summed E-state index contributed by atoms with van der Waals surface area (Å²) in [5.41, 5.74) is 0.607. The summed E-state index contributed by atoms with van der Waals surface area (Å²) < 4.78 is 5.24. The monoisotopic (exact) mass is 311 g/mol. The number of benzene rings is 1. The fourth-order valence-corrected chi connectivity index (χ4v) is 2.77. The molecular formula is C15H22ClN3O2. The zero-order valence-corrected chi connectivity index (χ0v) is 13.2. The van der Waals surface area contributed by atoms with Gasteiger partial charge in [0, 0.05) is 17.6 Å². The standard InChI is InChI=1S/C15H22ClN3O2/c1-3-19(12-6-7-17-9-12)10-15(20)18-13-8-11(16)4-5-14(13)21-2/h4-5,8,12,17H,3,6-7,9-10H2,1-2H3,(H,18,20). The van der Waals surface area contributed by atoms with Crippen LogP contribution in [0.15, 0.2) is 18.2 Å². The number of halogens is 1. The van der Waals surface area contributed by atoms with Gasteiger partial charge in [-0.05, 0) is 37.7 Å². The average Bonchev–Trinajstić information content (AvgIpc) is 2.99. The number of rotatable bonds is 6. The van der Waals surface area contributed by atoms with E-state index in [0.29, 0.717) is 29.0 Å². The molecule has 1 amide bonds. The van der Waals surface area contributed by atoms with Gasteiger partial charge in [-0.3, -0.25) is 9.69 Å². The molecule has 1 saturated heterocycles. The van der Waals surface area contributed by atoms with Crippen LogP contribution >= 0.6 is 11.6 Å². The molecule has 2 rings (SSSR count). The number of anilines is 1. The molecule has 0 spiro atoms. The summed E-state index contributed by atoms with van der Waals surface area (Å²) in [6, 6.07) is 5.61. The Labute approximate surface area is 130 Å². The van der Waals surface area contributed by atoms with Gasteiger partial charge in [-0.25, -0.2) is 0 Å². The highest BCUT2D eigenvalue weighted by Gasteiger charge is 2.23. The largest absolute Gasteiger partial charge is 0.495 e. The Morgan fingerprint density at radius 2 is 2.38 bits per heavy atom. The number of carbonyl (C=O) groups is 1. The summed E-state index contributed by atoms with van der Waals surface area (Å²) in [6.07, 6.45) is 1.08. The molecule has 1 heterocycles. The highest BCUT2D eigenvalue weighted by Crippen LogP contribution is 2.27. The van der Waals surface area contributed by atoms with Gasteiger partial charge in [0.25, 0.3) is 0 Å². The number of likely N-dealkylation sites (N-methyl/N-ethyl adjacent to an activating group) is 1. The van der Waals surface area contributed by atoms with Crippen LogP contribution in [0.3, 0.4) is 0 Å². The van der Waals surface area contributed by atoms with E-state index in [4.69, 9.17) is 16.3 Å². The Hall–Kier alpha value is -1.30. The van der Waals surface area contributed by atoms with Crippen LogP contribution in [0.1, 0.15) is 13.3 Å². The molecule has 1 aliphatic heterocycles. The van der Waals surface area contributed by atoms with Gasteiger partial charge in [0.05, 0.1) is 19.3 Å². The lowest BCUT2D eigenvalue weighted by atomic mass is 10.2. The van der Waals surface area contributed by atoms with Crippen LogP contribution in [0.2, 0.25) is 5.02 Å². The van der Waals surface area contributed by atoms with Crippen LogP contribution in [-0.4, -0.2) is 50.1 Å². The second-order valence-electron chi connectivity index (χ2n) is 5.10. The Bertz CT molecular complexity index is 490. The van der Waals surface area contributed by atoms with Gasteiger partial charge in [0.15, 0.2) is 0 Å². The minimum Gasteiger partial charge on any atom is -0.495 e. The Balaban J connectivity index is 1.98. The fourth-order valence-electron chi connectivity index (χ4n) is 2.60. The molecule has 0 aromatic heterocycles. The normalized spacial score (nSPS) is 18.0. The molecule has 0 saturated carbocycles. The molecule has 1 fully saturated rings. The summed E-state index contributed by atoms with van der Waals surface area (Å²) >= 11 is 5.97. The average molecular weight is 312 g/mol. The van der Waals surface area contributed by atoms with Gasteiger partial charge in [-0.2, -0.15) is 0 Å². The third kappa shape index (κ3) is 4.33. The number of amides is 1. The smallest absolute Gasteiger partial charge is 0.238 e. The Morgan fingerprint density at radius 3 is 3.00 bits per heavy atom. The summed E-state index contributed by atoms with van der Waals surface area (Å²) in [5.74, 6) is 0.558. The summed E-state index contributed by atoms with van der Waals surface area (Å²) in [4.78, 5) is 14.4. The molecule has 1 aromatic carbocycles. The Kier molecular flexibility index (Phi) is 5.85. The van der Waals surface area contributed by atoms with Crippen molar-refractivity contribution in [3.63, 3.8) is 0 Å². The van der Waals surface area contributed by atoms with Crippen molar-refractivity contribution in [2.75, 3.05) is 38.6 Å². The predicted molar refractivity (Wildman–Crippen MR) is 85.2 cm³/mol. The van der Waals surface area contributed by atoms with Crippen molar-refractivity contribution in [1.29, 1.82) is 0 Å². The number of ether oxygens (including phenoxy) is 1. The van der Waals surface area contributed by atoms with Gasteiger partial charge in [0.1, 0.15) is 5.75 Å². The van der Waals surface area contributed by atoms with Gasteiger partial charge in [-0.15, -0.1) is 0 Å². The van der Waals surface area contributed by atoms with Crippen LogP contribution in [0.4, 0.5) is 5.69 Å². The first-order valence-electron chi connectivity index (χ1n) is 7.22. The van der Waals surface area contributed by atoms with Gasteiger partial charge in [-0.1, -0.05) is 18.5 Å². The van der Waals surface area contributed by atoms with E-state index in [1.807, 2.05) is 0 Å². The molecule has 2 N–H and O–H groups in total. The number of nitrogens with zero attached hydrogens (tertiary/aromatic N) is 1. The molecule has 1 aromatic rings. The number of hydrogen-bond acceptors (Lipinski definition) is 4. The van der Waals surface area contributed by atoms with Gasteiger partial charge < -0.3 is 15.4 Å². The van der Waals surface area contributed by atoms with Crippen molar-refractivity contribution in [3.8, 4) is 5.75 Å². The lowest BCUT2D eigenvalue weighted by Crippen LogP contribution is -2.41. The van der Waals surface area contributed by atoms with E-state index in [1.54, 1.807) is 25.3 Å². The van der Waals surface area contributed by atoms with Crippen LogP contribution in [0.5, 0.6) is 5.75 Å². The quantitative estimate of drug-likeness (QED) is 0.843. The number of hydrogen-bond donors (Lipinski definition) is 2. The van der Waals surface area contributed by atoms with Crippen molar-refractivity contribution in [1.82, 2.24) is 10.2 Å². The van der Waals surface area contributed by atoms with E-state index in [-0.39, 0.29) is 5.91 Å². The number of carbonyl (C=O) groups excluding carboxylic acids is 1. The van der Waals surface area contributed by atoms with E-state index in [0.717, 1.165) is 26.1 Å². The maximum absolute atomic E-state index is 12.2. The van der Waals surface area contributed by atoms with Crippen molar-refractivity contribution in [3.05, 3.63) is 23.2 Å². The molecule has 1 unspecified atom stereocenters. The SMILES string of the molecule is CCN(CC(=O)Nc1cc(Cl)ccc1OC)C1CCNC1. The first kappa shape index (κ1) is 16.1. The van der Waals surface area contributed by atoms with E-state index in [1.165, 1.54) is 0 Å². The highest BCUT2D eigenvalue weighted by atomic mass is 35.5. The lowest BCUT2D eigenvalue weighted by Gasteiger charge is -2.26. The summed E-state index contributed by atoms with van der Waals surface area (Å²) in [5, 5.41) is 6.77. The second-order valence-corrected chi connectivity index (χ2v) is 5.54.